The standard InChI is InChI=1S/C14H22N2O2/c1-16-14(17)8-3-2-5-12-6-4-7-13(11-12)18-10-9-15/h4,6-7,11H,2-3,5,8-10,15H2,1H3,(H,16,17). The van der Waals surface area contributed by atoms with Crippen molar-refractivity contribution in [3.8, 4) is 5.75 Å². The zero-order valence-electron chi connectivity index (χ0n) is 10.9. The van der Waals surface area contributed by atoms with Crippen LogP contribution in [0.4, 0.5) is 0 Å². The van der Waals surface area contributed by atoms with Crippen molar-refractivity contribution in [1.82, 2.24) is 5.32 Å². The first-order chi connectivity index (χ1) is 8.76. The molecule has 0 bridgehead atoms. The second-order valence-electron chi connectivity index (χ2n) is 4.16. The first-order valence-electron chi connectivity index (χ1n) is 6.38. The van der Waals surface area contributed by atoms with E-state index in [0.29, 0.717) is 19.6 Å². The summed E-state index contributed by atoms with van der Waals surface area (Å²) in [6, 6.07) is 8.04. The van der Waals surface area contributed by atoms with Crippen molar-refractivity contribution >= 4 is 5.91 Å². The predicted molar refractivity (Wildman–Crippen MR) is 72.6 cm³/mol. The Kier molecular flexibility index (Phi) is 6.87. The van der Waals surface area contributed by atoms with Gasteiger partial charge in [-0.1, -0.05) is 12.1 Å². The molecule has 0 radical (unpaired) electrons. The number of benzene rings is 1. The number of carbonyl (C=O) groups excluding carboxylic acids is 1. The van der Waals surface area contributed by atoms with Gasteiger partial charge < -0.3 is 15.8 Å². The lowest BCUT2D eigenvalue weighted by molar-refractivity contribution is -0.120. The summed E-state index contributed by atoms with van der Waals surface area (Å²) < 4.78 is 5.47. The zero-order valence-corrected chi connectivity index (χ0v) is 10.9. The lowest BCUT2D eigenvalue weighted by Gasteiger charge is -2.07. The molecule has 0 aliphatic heterocycles. The molecule has 100 valence electrons. The van der Waals surface area contributed by atoms with E-state index in [4.69, 9.17) is 10.5 Å². The number of nitrogens with one attached hydrogen (secondary N) is 1. The second kappa shape index (κ2) is 8.53. The van der Waals surface area contributed by atoms with Crippen LogP contribution in [0.3, 0.4) is 0 Å². The Hall–Kier alpha value is -1.55. The fourth-order valence-corrected chi connectivity index (χ4v) is 1.71. The Labute approximate surface area is 109 Å². The van der Waals surface area contributed by atoms with E-state index in [2.05, 4.69) is 11.4 Å². The molecule has 4 nitrogen and oxygen atoms in total. The maximum atomic E-state index is 11.1. The Morgan fingerprint density at radius 1 is 1.39 bits per heavy atom. The molecule has 0 heterocycles. The molecule has 4 heteroatoms. The summed E-state index contributed by atoms with van der Waals surface area (Å²) in [7, 11) is 1.67. The van der Waals surface area contributed by atoms with Crippen molar-refractivity contribution in [3.63, 3.8) is 0 Å². The molecule has 0 unspecified atom stereocenters. The van der Waals surface area contributed by atoms with E-state index in [1.165, 1.54) is 5.56 Å². The first-order valence-corrected chi connectivity index (χ1v) is 6.38. The van der Waals surface area contributed by atoms with Crippen LogP contribution in [-0.2, 0) is 11.2 Å². The molecule has 18 heavy (non-hydrogen) atoms. The molecule has 1 aromatic carbocycles. The van der Waals surface area contributed by atoms with Crippen LogP contribution in [0.5, 0.6) is 5.75 Å². The molecule has 1 rings (SSSR count). The number of ether oxygens (including phenoxy) is 1. The predicted octanol–water partition coefficient (Wildman–Crippen LogP) is 1.48. The Morgan fingerprint density at radius 2 is 2.22 bits per heavy atom. The SMILES string of the molecule is CNC(=O)CCCCc1cccc(OCCN)c1. The van der Waals surface area contributed by atoms with Crippen molar-refractivity contribution in [2.24, 2.45) is 5.73 Å². The van der Waals surface area contributed by atoms with E-state index in [9.17, 15) is 4.79 Å². The van der Waals surface area contributed by atoms with E-state index >= 15 is 0 Å². The van der Waals surface area contributed by atoms with Gasteiger partial charge >= 0.3 is 0 Å². The molecule has 0 saturated carbocycles. The third-order valence-electron chi connectivity index (χ3n) is 2.68. The molecule has 0 spiro atoms. The van der Waals surface area contributed by atoms with Gasteiger partial charge in [0.25, 0.3) is 0 Å². The first kappa shape index (κ1) is 14.5. The lowest BCUT2D eigenvalue weighted by atomic mass is 10.1. The van der Waals surface area contributed by atoms with Gasteiger partial charge in [-0.15, -0.1) is 0 Å². The smallest absolute Gasteiger partial charge is 0.219 e. The van der Waals surface area contributed by atoms with Crippen LogP contribution in [-0.4, -0.2) is 26.1 Å². The number of hydrogen-bond acceptors (Lipinski definition) is 3. The van der Waals surface area contributed by atoms with Crippen LogP contribution in [0.15, 0.2) is 24.3 Å². The van der Waals surface area contributed by atoms with Crippen molar-refractivity contribution in [3.05, 3.63) is 29.8 Å². The van der Waals surface area contributed by atoms with E-state index < -0.39 is 0 Å². The average molecular weight is 250 g/mol. The quantitative estimate of drug-likeness (QED) is 0.687. The topological polar surface area (TPSA) is 64.3 Å². The second-order valence-corrected chi connectivity index (χ2v) is 4.16. The monoisotopic (exact) mass is 250 g/mol. The van der Waals surface area contributed by atoms with Crippen LogP contribution < -0.4 is 15.8 Å². The third kappa shape index (κ3) is 5.68. The van der Waals surface area contributed by atoms with Crippen molar-refractivity contribution in [1.29, 1.82) is 0 Å². The van der Waals surface area contributed by atoms with Crippen molar-refractivity contribution < 1.29 is 9.53 Å². The fourth-order valence-electron chi connectivity index (χ4n) is 1.71. The highest BCUT2D eigenvalue weighted by Crippen LogP contribution is 2.15. The third-order valence-corrected chi connectivity index (χ3v) is 2.68. The number of aryl methyl sites for hydroxylation is 1. The Bertz CT molecular complexity index is 367. The summed E-state index contributed by atoms with van der Waals surface area (Å²) in [4.78, 5) is 11.1. The molecule has 0 atom stereocenters. The average Bonchev–Trinajstić information content (AvgIpc) is 2.41. The maximum absolute atomic E-state index is 11.1. The molecular weight excluding hydrogens is 228 g/mol. The van der Waals surface area contributed by atoms with Gasteiger partial charge in [0.1, 0.15) is 12.4 Å². The summed E-state index contributed by atoms with van der Waals surface area (Å²) in [5, 5.41) is 2.63. The fraction of sp³-hybridized carbons (Fsp3) is 0.500. The molecule has 0 fully saturated rings. The minimum atomic E-state index is 0.107. The maximum Gasteiger partial charge on any atom is 0.219 e. The van der Waals surface area contributed by atoms with Gasteiger partial charge in [0.15, 0.2) is 0 Å². The van der Waals surface area contributed by atoms with E-state index in [0.717, 1.165) is 25.0 Å². The highest BCUT2D eigenvalue weighted by Gasteiger charge is 2.00. The molecule has 1 amide bonds. The molecule has 3 N–H and O–H groups in total. The molecule has 0 aromatic heterocycles. The number of hydrogen-bond donors (Lipinski definition) is 2. The highest BCUT2D eigenvalue weighted by atomic mass is 16.5. The summed E-state index contributed by atoms with van der Waals surface area (Å²) in [5.74, 6) is 0.972. The minimum Gasteiger partial charge on any atom is -0.492 e. The number of unbranched alkanes of at least 4 members (excludes halogenated alkanes) is 1. The molecule has 0 aliphatic carbocycles. The van der Waals surface area contributed by atoms with Crippen LogP contribution >= 0.6 is 0 Å². The van der Waals surface area contributed by atoms with Gasteiger partial charge in [0.05, 0.1) is 0 Å². The zero-order chi connectivity index (χ0) is 13.2. The largest absolute Gasteiger partial charge is 0.492 e. The van der Waals surface area contributed by atoms with E-state index in [1.54, 1.807) is 7.05 Å². The van der Waals surface area contributed by atoms with Gasteiger partial charge in [0.2, 0.25) is 5.91 Å². The van der Waals surface area contributed by atoms with E-state index in [-0.39, 0.29) is 5.91 Å². The van der Waals surface area contributed by atoms with E-state index in [1.807, 2.05) is 18.2 Å². The minimum absolute atomic E-state index is 0.107. The number of amides is 1. The van der Waals surface area contributed by atoms with Gasteiger partial charge in [-0.25, -0.2) is 0 Å². The summed E-state index contributed by atoms with van der Waals surface area (Å²) in [6.07, 6.45) is 3.48. The summed E-state index contributed by atoms with van der Waals surface area (Å²) in [6.45, 7) is 1.07. The van der Waals surface area contributed by atoms with Crippen molar-refractivity contribution in [2.45, 2.75) is 25.7 Å². The molecule has 0 aliphatic rings. The van der Waals surface area contributed by atoms with Crippen LogP contribution in [0, 0.1) is 0 Å². The van der Waals surface area contributed by atoms with Crippen LogP contribution in [0.1, 0.15) is 24.8 Å². The molecule has 1 aromatic rings. The number of carbonyl (C=O) groups is 1. The molecular formula is C14H22N2O2. The Balaban J connectivity index is 2.31. The summed E-state index contributed by atoms with van der Waals surface area (Å²) >= 11 is 0. The lowest BCUT2D eigenvalue weighted by Crippen LogP contribution is -2.16. The number of nitrogens with two attached hydrogens (primary N) is 1. The van der Waals surface area contributed by atoms with Crippen LogP contribution in [0.25, 0.3) is 0 Å². The van der Waals surface area contributed by atoms with Gasteiger partial charge in [-0.3, -0.25) is 4.79 Å². The summed E-state index contributed by atoms with van der Waals surface area (Å²) in [5.41, 5.74) is 6.63. The Morgan fingerprint density at radius 3 is 2.94 bits per heavy atom. The van der Waals surface area contributed by atoms with Crippen LogP contribution in [0.2, 0.25) is 0 Å². The van der Waals surface area contributed by atoms with Gasteiger partial charge in [0, 0.05) is 20.0 Å². The van der Waals surface area contributed by atoms with Crippen molar-refractivity contribution in [2.75, 3.05) is 20.2 Å². The molecule has 0 saturated heterocycles. The van der Waals surface area contributed by atoms with Gasteiger partial charge in [-0.05, 0) is 37.0 Å². The normalized spacial score (nSPS) is 10.1. The highest BCUT2D eigenvalue weighted by molar-refractivity contribution is 5.75. The van der Waals surface area contributed by atoms with Gasteiger partial charge in [-0.2, -0.15) is 0 Å². The number of rotatable bonds is 8.